The highest BCUT2D eigenvalue weighted by molar-refractivity contribution is 9.10. The summed E-state index contributed by atoms with van der Waals surface area (Å²) < 4.78 is 0.816. The monoisotopic (exact) mass is 324 g/mol. The summed E-state index contributed by atoms with van der Waals surface area (Å²) in [6.07, 6.45) is 0. The molecular formula is C13H13BrN2OS. The summed E-state index contributed by atoms with van der Waals surface area (Å²) in [6.45, 7) is 2.49. The van der Waals surface area contributed by atoms with E-state index in [0.717, 1.165) is 15.2 Å². The van der Waals surface area contributed by atoms with E-state index in [1.165, 1.54) is 0 Å². The molecule has 0 bridgehead atoms. The maximum absolute atomic E-state index is 12.2. The van der Waals surface area contributed by atoms with Crippen molar-refractivity contribution in [1.82, 2.24) is 9.88 Å². The molecule has 1 amide bonds. The maximum atomic E-state index is 12.2. The summed E-state index contributed by atoms with van der Waals surface area (Å²) in [7, 11) is 1.79. The van der Waals surface area contributed by atoms with Gasteiger partial charge in [-0.15, -0.1) is 11.3 Å². The maximum Gasteiger partial charge on any atom is 0.255 e. The average Bonchev–Trinajstić information content (AvgIpc) is 2.74. The van der Waals surface area contributed by atoms with Gasteiger partial charge in [0.2, 0.25) is 0 Å². The molecule has 0 aliphatic rings. The number of benzene rings is 1. The molecule has 2 rings (SSSR count). The minimum absolute atomic E-state index is 0.00636. The Kier molecular flexibility index (Phi) is 4.14. The van der Waals surface area contributed by atoms with Crippen LogP contribution in [0.1, 0.15) is 21.1 Å². The molecule has 0 aliphatic heterocycles. The first-order chi connectivity index (χ1) is 8.58. The van der Waals surface area contributed by atoms with E-state index < -0.39 is 0 Å². The number of thiazole rings is 1. The first kappa shape index (κ1) is 13.2. The Morgan fingerprint density at radius 1 is 1.44 bits per heavy atom. The minimum Gasteiger partial charge on any atom is -0.336 e. The van der Waals surface area contributed by atoms with Crippen molar-refractivity contribution < 1.29 is 4.79 Å². The number of aromatic nitrogens is 1. The molecule has 0 spiro atoms. The van der Waals surface area contributed by atoms with Crippen molar-refractivity contribution >= 4 is 33.2 Å². The van der Waals surface area contributed by atoms with Crippen molar-refractivity contribution in [3.05, 3.63) is 50.4 Å². The van der Waals surface area contributed by atoms with Crippen LogP contribution in [0, 0.1) is 6.92 Å². The van der Waals surface area contributed by atoms with Crippen LogP contribution in [0.25, 0.3) is 0 Å². The normalized spacial score (nSPS) is 10.4. The first-order valence-electron chi connectivity index (χ1n) is 5.49. The fraction of sp³-hybridized carbons (Fsp3) is 0.231. The topological polar surface area (TPSA) is 33.2 Å². The van der Waals surface area contributed by atoms with Crippen LogP contribution in [0.3, 0.4) is 0 Å². The van der Waals surface area contributed by atoms with Gasteiger partial charge in [0, 0.05) is 16.9 Å². The number of aryl methyl sites for hydroxylation is 1. The quantitative estimate of drug-likeness (QED) is 0.865. The molecule has 0 aliphatic carbocycles. The zero-order chi connectivity index (χ0) is 13.1. The van der Waals surface area contributed by atoms with Gasteiger partial charge >= 0.3 is 0 Å². The van der Waals surface area contributed by atoms with E-state index in [0.29, 0.717) is 12.1 Å². The second-order valence-electron chi connectivity index (χ2n) is 4.00. The fourth-order valence-electron chi connectivity index (χ4n) is 1.64. The largest absolute Gasteiger partial charge is 0.336 e. The highest BCUT2D eigenvalue weighted by Gasteiger charge is 2.15. The second-order valence-corrected chi connectivity index (χ2v) is 5.92. The molecule has 5 heteroatoms. The summed E-state index contributed by atoms with van der Waals surface area (Å²) in [6, 6.07) is 7.44. The summed E-state index contributed by atoms with van der Waals surface area (Å²) in [4.78, 5) is 18.3. The molecule has 0 saturated heterocycles. The van der Waals surface area contributed by atoms with Crippen molar-refractivity contribution in [2.24, 2.45) is 0 Å². The summed E-state index contributed by atoms with van der Waals surface area (Å²) in [5, 5.41) is 3.01. The van der Waals surface area contributed by atoms with Gasteiger partial charge in [0.25, 0.3) is 5.91 Å². The Bertz CT molecular complexity index is 568. The van der Waals surface area contributed by atoms with Gasteiger partial charge in [-0.05, 0) is 35.0 Å². The number of carbonyl (C=O) groups is 1. The molecule has 0 unspecified atom stereocenters. The van der Waals surface area contributed by atoms with Gasteiger partial charge in [-0.1, -0.05) is 12.1 Å². The fourth-order valence-corrected chi connectivity index (χ4v) is 2.69. The van der Waals surface area contributed by atoms with Gasteiger partial charge in [-0.2, -0.15) is 0 Å². The summed E-state index contributed by atoms with van der Waals surface area (Å²) in [5.41, 5.74) is 1.60. The molecule has 0 N–H and O–H groups in total. The second kappa shape index (κ2) is 5.63. The number of halogens is 1. The highest BCUT2D eigenvalue weighted by atomic mass is 79.9. The Labute approximate surface area is 119 Å². The number of nitrogens with zero attached hydrogens (tertiary/aromatic N) is 2. The van der Waals surface area contributed by atoms with Gasteiger partial charge in [0.15, 0.2) is 0 Å². The van der Waals surface area contributed by atoms with E-state index in [-0.39, 0.29) is 5.91 Å². The molecule has 0 atom stereocenters. The lowest BCUT2D eigenvalue weighted by atomic mass is 10.2. The molecule has 0 fully saturated rings. The number of hydrogen-bond acceptors (Lipinski definition) is 3. The molecule has 0 radical (unpaired) electrons. The number of hydrogen-bond donors (Lipinski definition) is 0. The highest BCUT2D eigenvalue weighted by Crippen LogP contribution is 2.18. The lowest BCUT2D eigenvalue weighted by Crippen LogP contribution is -2.26. The number of carbonyl (C=O) groups excluding carboxylic acids is 1. The minimum atomic E-state index is -0.00636. The molecule has 1 aromatic heterocycles. The van der Waals surface area contributed by atoms with Crippen LogP contribution in [-0.2, 0) is 6.54 Å². The SMILES string of the molecule is Cc1nc(CN(C)C(=O)c2ccccc2Br)cs1. The molecule has 0 saturated carbocycles. The Balaban J connectivity index is 2.12. The van der Waals surface area contributed by atoms with Crippen LogP contribution in [0.15, 0.2) is 34.1 Å². The standard InChI is InChI=1S/C13H13BrN2OS/c1-9-15-10(8-18-9)7-16(2)13(17)11-5-3-4-6-12(11)14/h3-6,8H,7H2,1-2H3. The Morgan fingerprint density at radius 3 is 2.78 bits per heavy atom. The van der Waals surface area contributed by atoms with Crippen molar-refractivity contribution in [1.29, 1.82) is 0 Å². The van der Waals surface area contributed by atoms with E-state index in [2.05, 4.69) is 20.9 Å². The third-order valence-electron chi connectivity index (χ3n) is 2.52. The number of amides is 1. The van der Waals surface area contributed by atoms with Crippen LogP contribution in [0.4, 0.5) is 0 Å². The lowest BCUT2D eigenvalue weighted by molar-refractivity contribution is 0.0782. The van der Waals surface area contributed by atoms with E-state index in [4.69, 9.17) is 0 Å². The molecule has 3 nitrogen and oxygen atoms in total. The molecule has 94 valence electrons. The van der Waals surface area contributed by atoms with Crippen LogP contribution < -0.4 is 0 Å². The van der Waals surface area contributed by atoms with Gasteiger partial charge in [-0.25, -0.2) is 4.98 Å². The van der Waals surface area contributed by atoms with Gasteiger partial charge in [-0.3, -0.25) is 4.79 Å². The van der Waals surface area contributed by atoms with Crippen molar-refractivity contribution in [3.8, 4) is 0 Å². The average molecular weight is 325 g/mol. The third-order valence-corrected chi connectivity index (χ3v) is 4.03. The lowest BCUT2D eigenvalue weighted by Gasteiger charge is -2.16. The smallest absolute Gasteiger partial charge is 0.255 e. The van der Waals surface area contributed by atoms with E-state index in [1.807, 2.05) is 36.6 Å². The zero-order valence-electron chi connectivity index (χ0n) is 10.2. The van der Waals surface area contributed by atoms with E-state index >= 15 is 0 Å². The van der Waals surface area contributed by atoms with Crippen molar-refractivity contribution in [2.45, 2.75) is 13.5 Å². The van der Waals surface area contributed by atoms with Crippen LogP contribution in [0.2, 0.25) is 0 Å². The first-order valence-corrected chi connectivity index (χ1v) is 7.16. The predicted molar refractivity (Wildman–Crippen MR) is 76.8 cm³/mol. The van der Waals surface area contributed by atoms with E-state index in [9.17, 15) is 4.79 Å². The van der Waals surface area contributed by atoms with Crippen LogP contribution >= 0.6 is 27.3 Å². The third kappa shape index (κ3) is 2.97. The molecule has 18 heavy (non-hydrogen) atoms. The number of rotatable bonds is 3. The summed E-state index contributed by atoms with van der Waals surface area (Å²) in [5.74, 6) is -0.00636. The zero-order valence-corrected chi connectivity index (χ0v) is 12.6. The summed E-state index contributed by atoms with van der Waals surface area (Å²) >= 11 is 4.99. The van der Waals surface area contributed by atoms with Gasteiger partial charge < -0.3 is 4.90 Å². The molecular weight excluding hydrogens is 312 g/mol. The van der Waals surface area contributed by atoms with Gasteiger partial charge in [0.05, 0.1) is 22.8 Å². The Hall–Kier alpha value is -1.20. The van der Waals surface area contributed by atoms with Gasteiger partial charge in [0.1, 0.15) is 0 Å². The predicted octanol–water partition coefficient (Wildman–Crippen LogP) is 3.49. The molecule has 2 aromatic rings. The van der Waals surface area contributed by atoms with Crippen molar-refractivity contribution in [2.75, 3.05) is 7.05 Å². The van der Waals surface area contributed by atoms with Crippen LogP contribution in [0.5, 0.6) is 0 Å². The molecule has 1 aromatic carbocycles. The van der Waals surface area contributed by atoms with Crippen molar-refractivity contribution in [3.63, 3.8) is 0 Å². The molecule has 1 heterocycles. The van der Waals surface area contributed by atoms with Crippen LogP contribution in [-0.4, -0.2) is 22.8 Å². The Morgan fingerprint density at radius 2 is 2.17 bits per heavy atom. The van der Waals surface area contributed by atoms with E-state index in [1.54, 1.807) is 23.3 Å².